The van der Waals surface area contributed by atoms with Crippen LogP contribution < -0.4 is 5.32 Å². The Kier molecular flexibility index (Phi) is 4.53. The van der Waals surface area contributed by atoms with Gasteiger partial charge in [0.25, 0.3) is 5.91 Å². The first kappa shape index (κ1) is 14.0. The predicted octanol–water partition coefficient (Wildman–Crippen LogP) is 0.889. The van der Waals surface area contributed by atoms with Crippen LogP contribution >= 0.6 is 12.6 Å². The zero-order valence-corrected chi connectivity index (χ0v) is 10.8. The van der Waals surface area contributed by atoms with Crippen LogP contribution in [0.1, 0.15) is 10.4 Å². The molecule has 0 heterocycles. The van der Waals surface area contributed by atoms with Gasteiger partial charge in [0.1, 0.15) is 15.7 Å². The van der Waals surface area contributed by atoms with E-state index in [-0.39, 0.29) is 22.8 Å². The van der Waals surface area contributed by atoms with Gasteiger partial charge in [0.05, 0.1) is 5.75 Å². The molecule has 0 fully saturated rings. The lowest BCUT2D eigenvalue weighted by atomic mass is 10.2. The van der Waals surface area contributed by atoms with Crippen molar-refractivity contribution in [1.82, 2.24) is 5.32 Å². The molecule has 0 aromatic heterocycles. The van der Waals surface area contributed by atoms with Gasteiger partial charge >= 0.3 is 0 Å². The van der Waals surface area contributed by atoms with Crippen molar-refractivity contribution in [3.8, 4) is 0 Å². The number of hydrogen-bond donors (Lipinski definition) is 2. The predicted molar refractivity (Wildman–Crippen MR) is 65.7 cm³/mol. The Morgan fingerprint density at radius 2 is 2.12 bits per heavy atom. The second-order valence-electron chi connectivity index (χ2n) is 3.55. The van der Waals surface area contributed by atoms with E-state index in [2.05, 4.69) is 17.9 Å². The molecule has 1 rings (SSSR count). The topological polar surface area (TPSA) is 63.2 Å². The summed E-state index contributed by atoms with van der Waals surface area (Å²) in [7, 11) is -3.11. The summed E-state index contributed by atoms with van der Waals surface area (Å²) in [5.41, 5.74) is 0.241. The molecule has 7 heteroatoms. The molecule has 0 saturated carbocycles. The minimum Gasteiger partial charge on any atom is -0.351 e. The number of carbonyl (C=O) groups excluding carboxylic acids is 1. The van der Waals surface area contributed by atoms with Crippen LogP contribution in [0, 0.1) is 5.82 Å². The molecular weight excluding hydrogens is 265 g/mol. The van der Waals surface area contributed by atoms with Crippen molar-refractivity contribution >= 4 is 28.4 Å². The monoisotopic (exact) mass is 277 g/mol. The second kappa shape index (κ2) is 5.50. The highest BCUT2D eigenvalue weighted by atomic mass is 32.2. The number of carbonyl (C=O) groups is 1. The molecule has 94 valence electrons. The number of halogens is 1. The zero-order chi connectivity index (χ0) is 13.1. The molecule has 4 nitrogen and oxygen atoms in total. The van der Waals surface area contributed by atoms with Crippen molar-refractivity contribution in [3.05, 3.63) is 29.6 Å². The van der Waals surface area contributed by atoms with Crippen molar-refractivity contribution in [2.24, 2.45) is 0 Å². The van der Waals surface area contributed by atoms with Crippen LogP contribution in [0.5, 0.6) is 0 Å². The third kappa shape index (κ3) is 4.74. The van der Waals surface area contributed by atoms with Crippen molar-refractivity contribution in [3.63, 3.8) is 0 Å². The van der Waals surface area contributed by atoms with Crippen molar-refractivity contribution in [1.29, 1.82) is 0 Å². The number of hydrogen-bond acceptors (Lipinski definition) is 4. The molecule has 0 bridgehead atoms. The van der Waals surface area contributed by atoms with Gasteiger partial charge in [-0.25, -0.2) is 12.8 Å². The van der Waals surface area contributed by atoms with Gasteiger partial charge in [-0.3, -0.25) is 4.79 Å². The number of nitrogens with one attached hydrogen (secondary N) is 1. The summed E-state index contributed by atoms with van der Waals surface area (Å²) in [6.07, 6.45) is 1.09. The van der Waals surface area contributed by atoms with Crippen molar-refractivity contribution in [2.75, 3.05) is 18.6 Å². The maximum atomic E-state index is 12.9. The lowest BCUT2D eigenvalue weighted by Gasteiger charge is -2.05. The SMILES string of the molecule is CS(=O)(=O)CCNC(=O)c1ccc(F)c(S)c1. The zero-order valence-electron chi connectivity index (χ0n) is 9.10. The molecule has 0 spiro atoms. The van der Waals surface area contributed by atoms with Crippen LogP contribution in [0.3, 0.4) is 0 Å². The molecular formula is C10H12FNO3S2. The Labute approximate surface area is 105 Å². The third-order valence-corrected chi connectivity index (χ3v) is 3.26. The van der Waals surface area contributed by atoms with Gasteiger partial charge < -0.3 is 5.32 Å². The highest BCUT2D eigenvalue weighted by molar-refractivity contribution is 7.90. The summed E-state index contributed by atoms with van der Waals surface area (Å²) in [5, 5.41) is 2.43. The number of benzene rings is 1. The van der Waals surface area contributed by atoms with E-state index in [9.17, 15) is 17.6 Å². The molecule has 0 aliphatic carbocycles. The van der Waals surface area contributed by atoms with Gasteiger partial charge in [-0.2, -0.15) is 0 Å². The summed E-state index contributed by atoms with van der Waals surface area (Å²) in [6, 6.07) is 3.73. The van der Waals surface area contributed by atoms with E-state index in [1.807, 2.05) is 0 Å². The van der Waals surface area contributed by atoms with E-state index >= 15 is 0 Å². The Bertz CT molecular complexity index is 528. The van der Waals surface area contributed by atoms with Crippen LogP contribution in [0.25, 0.3) is 0 Å². The molecule has 0 saturated heterocycles. The summed E-state index contributed by atoms with van der Waals surface area (Å²) < 4.78 is 34.6. The van der Waals surface area contributed by atoms with Crippen molar-refractivity contribution in [2.45, 2.75) is 4.90 Å². The molecule has 1 amide bonds. The highest BCUT2D eigenvalue weighted by Gasteiger charge is 2.09. The van der Waals surface area contributed by atoms with Gasteiger partial charge in [-0.05, 0) is 18.2 Å². The first-order valence-electron chi connectivity index (χ1n) is 4.74. The minimum absolute atomic E-state index is 0.0247. The molecule has 0 aliphatic heterocycles. The normalized spacial score (nSPS) is 11.2. The average molecular weight is 277 g/mol. The lowest BCUT2D eigenvalue weighted by Crippen LogP contribution is -2.28. The summed E-state index contributed by atoms with van der Waals surface area (Å²) >= 11 is 3.85. The van der Waals surface area contributed by atoms with Gasteiger partial charge in [0.2, 0.25) is 0 Å². The highest BCUT2D eigenvalue weighted by Crippen LogP contribution is 2.13. The number of amides is 1. The maximum Gasteiger partial charge on any atom is 0.251 e. The first-order valence-corrected chi connectivity index (χ1v) is 7.25. The Morgan fingerprint density at radius 3 is 2.65 bits per heavy atom. The molecule has 1 aromatic rings. The molecule has 17 heavy (non-hydrogen) atoms. The third-order valence-electron chi connectivity index (χ3n) is 1.97. The van der Waals surface area contributed by atoms with Crippen LogP contribution in [0.2, 0.25) is 0 Å². The number of thiol groups is 1. The summed E-state index contributed by atoms with van der Waals surface area (Å²) in [4.78, 5) is 11.6. The van der Waals surface area contributed by atoms with E-state index in [0.29, 0.717) is 0 Å². The van der Waals surface area contributed by atoms with Gasteiger partial charge in [0, 0.05) is 23.3 Å². The molecule has 0 atom stereocenters. The summed E-state index contributed by atoms with van der Waals surface area (Å²) in [6.45, 7) is 0.0247. The van der Waals surface area contributed by atoms with E-state index in [1.54, 1.807) is 0 Å². The van der Waals surface area contributed by atoms with E-state index in [4.69, 9.17) is 0 Å². The standard InChI is InChI=1S/C10H12FNO3S2/c1-17(14,15)5-4-12-10(13)7-2-3-8(11)9(16)6-7/h2-3,6,16H,4-5H2,1H3,(H,12,13). The van der Waals surface area contributed by atoms with E-state index in [0.717, 1.165) is 12.3 Å². The van der Waals surface area contributed by atoms with Gasteiger partial charge in [-0.15, -0.1) is 12.6 Å². The lowest BCUT2D eigenvalue weighted by molar-refractivity contribution is 0.0956. The second-order valence-corrected chi connectivity index (χ2v) is 6.29. The average Bonchev–Trinajstić information content (AvgIpc) is 2.20. The van der Waals surface area contributed by atoms with Gasteiger partial charge in [-0.1, -0.05) is 0 Å². The maximum absolute atomic E-state index is 12.9. The van der Waals surface area contributed by atoms with E-state index < -0.39 is 21.6 Å². The van der Waals surface area contributed by atoms with Crippen LogP contribution in [0.15, 0.2) is 23.1 Å². The van der Waals surface area contributed by atoms with Crippen LogP contribution in [-0.2, 0) is 9.84 Å². The Morgan fingerprint density at radius 1 is 1.47 bits per heavy atom. The number of rotatable bonds is 4. The quantitative estimate of drug-likeness (QED) is 0.803. The molecule has 1 N–H and O–H groups in total. The fourth-order valence-corrected chi connectivity index (χ4v) is 1.79. The minimum atomic E-state index is -3.11. The van der Waals surface area contributed by atoms with Crippen LogP contribution in [0.4, 0.5) is 4.39 Å². The smallest absolute Gasteiger partial charge is 0.251 e. The first-order chi connectivity index (χ1) is 7.79. The van der Waals surface area contributed by atoms with Gasteiger partial charge in [0.15, 0.2) is 0 Å². The molecule has 0 radical (unpaired) electrons. The fraction of sp³-hybridized carbons (Fsp3) is 0.300. The number of sulfone groups is 1. The summed E-state index contributed by atoms with van der Waals surface area (Å²) in [5.74, 6) is -1.10. The molecule has 0 aliphatic rings. The Balaban J connectivity index is 2.61. The van der Waals surface area contributed by atoms with Crippen molar-refractivity contribution < 1.29 is 17.6 Å². The molecule has 1 aromatic carbocycles. The largest absolute Gasteiger partial charge is 0.351 e. The van der Waals surface area contributed by atoms with Crippen LogP contribution in [-0.4, -0.2) is 32.9 Å². The molecule has 0 unspecified atom stereocenters. The van der Waals surface area contributed by atoms with E-state index in [1.165, 1.54) is 12.1 Å². The Hall–Kier alpha value is -1.08. The fourth-order valence-electron chi connectivity index (χ4n) is 1.11.